The quantitative estimate of drug-likeness (QED) is 0.821. The van der Waals surface area contributed by atoms with Gasteiger partial charge in [-0.25, -0.2) is 9.78 Å². The van der Waals surface area contributed by atoms with E-state index in [2.05, 4.69) is 4.98 Å². The summed E-state index contributed by atoms with van der Waals surface area (Å²) in [4.78, 5) is 26.0. The van der Waals surface area contributed by atoms with Crippen molar-refractivity contribution >= 4 is 17.8 Å². The number of aromatic carboxylic acids is 1. The summed E-state index contributed by atoms with van der Waals surface area (Å²) < 4.78 is 1.75. The number of carboxylic acids is 1. The molecule has 2 heterocycles. The number of carboxylic acid groups (broad SMARTS) is 1. The van der Waals surface area contributed by atoms with Gasteiger partial charge in [0.25, 0.3) is 0 Å². The number of hydrogen-bond donors (Lipinski definition) is 1. The molecule has 0 radical (unpaired) electrons. The number of rotatable bonds is 3. The van der Waals surface area contributed by atoms with Gasteiger partial charge in [0.05, 0.1) is 11.1 Å². The summed E-state index contributed by atoms with van der Waals surface area (Å²) in [6, 6.07) is 2.96. The monoisotopic (exact) mass is 232 g/mol. The van der Waals surface area contributed by atoms with E-state index in [1.807, 2.05) is 13.8 Å². The van der Waals surface area contributed by atoms with Crippen LogP contribution in [-0.4, -0.2) is 26.7 Å². The molecule has 0 unspecified atom stereocenters. The smallest absolute Gasteiger partial charge is 0.335 e. The van der Waals surface area contributed by atoms with E-state index in [4.69, 9.17) is 5.11 Å². The summed E-state index contributed by atoms with van der Waals surface area (Å²) in [5.41, 5.74) is 0.955. The predicted octanol–water partition coefficient (Wildman–Crippen LogP) is 1.97. The predicted molar refractivity (Wildman–Crippen MR) is 61.6 cm³/mol. The molecule has 0 aliphatic carbocycles. The van der Waals surface area contributed by atoms with Gasteiger partial charge in [0.2, 0.25) is 0 Å². The highest BCUT2D eigenvalue weighted by Crippen LogP contribution is 2.19. The van der Waals surface area contributed by atoms with E-state index < -0.39 is 5.97 Å². The van der Waals surface area contributed by atoms with E-state index in [0.717, 1.165) is 5.82 Å². The number of pyridine rings is 1. The van der Waals surface area contributed by atoms with E-state index >= 15 is 0 Å². The molecule has 0 aliphatic heterocycles. The van der Waals surface area contributed by atoms with Gasteiger partial charge < -0.3 is 9.51 Å². The topological polar surface area (TPSA) is 71.7 Å². The van der Waals surface area contributed by atoms with Crippen LogP contribution in [0.25, 0.3) is 5.52 Å². The lowest BCUT2D eigenvalue weighted by atomic mass is 10.2. The SMILES string of the molecule is CC(C)c1nc(C=O)c2cc(C(=O)O)ccn12. The molecule has 0 aromatic carbocycles. The first kappa shape index (κ1) is 11.3. The highest BCUT2D eigenvalue weighted by atomic mass is 16.4. The molecule has 5 nitrogen and oxygen atoms in total. The van der Waals surface area contributed by atoms with Crippen LogP contribution in [0.4, 0.5) is 0 Å². The lowest BCUT2D eigenvalue weighted by molar-refractivity contribution is 0.0696. The molecule has 0 saturated heterocycles. The van der Waals surface area contributed by atoms with Gasteiger partial charge in [-0.2, -0.15) is 0 Å². The van der Waals surface area contributed by atoms with E-state index in [1.54, 1.807) is 10.6 Å². The average molecular weight is 232 g/mol. The third-order valence-electron chi connectivity index (χ3n) is 2.57. The van der Waals surface area contributed by atoms with Crippen LogP contribution in [0, 0.1) is 0 Å². The van der Waals surface area contributed by atoms with E-state index in [0.29, 0.717) is 11.8 Å². The van der Waals surface area contributed by atoms with E-state index in [9.17, 15) is 9.59 Å². The first-order valence-electron chi connectivity index (χ1n) is 5.25. The van der Waals surface area contributed by atoms with Crippen LogP contribution in [-0.2, 0) is 0 Å². The first-order chi connectivity index (χ1) is 8.04. The number of carbonyl (C=O) groups excluding carboxylic acids is 1. The van der Waals surface area contributed by atoms with Crippen LogP contribution >= 0.6 is 0 Å². The minimum absolute atomic E-state index is 0.149. The van der Waals surface area contributed by atoms with Crippen molar-refractivity contribution in [1.82, 2.24) is 9.38 Å². The molecular weight excluding hydrogens is 220 g/mol. The van der Waals surface area contributed by atoms with Gasteiger partial charge in [-0.3, -0.25) is 4.79 Å². The zero-order valence-electron chi connectivity index (χ0n) is 9.54. The third kappa shape index (κ3) is 1.80. The molecule has 0 spiro atoms. The number of imidazole rings is 1. The number of fused-ring (bicyclic) bond motifs is 1. The fourth-order valence-corrected chi connectivity index (χ4v) is 1.76. The summed E-state index contributed by atoms with van der Waals surface area (Å²) >= 11 is 0. The highest BCUT2D eigenvalue weighted by molar-refractivity contribution is 5.92. The van der Waals surface area contributed by atoms with Gasteiger partial charge in [0.15, 0.2) is 6.29 Å². The van der Waals surface area contributed by atoms with Gasteiger partial charge >= 0.3 is 5.97 Å². The summed E-state index contributed by atoms with van der Waals surface area (Å²) in [6.07, 6.45) is 2.28. The maximum absolute atomic E-state index is 10.9. The van der Waals surface area contributed by atoms with Crippen LogP contribution in [0.5, 0.6) is 0 Å². The Morgan fingerprint density at radius 3 is 2.76 bits per heavy atom. The van der Waals surface area contributed by atoms with Crippen molar-refractivity contribution in [2.24, 2.45) is 0 Å². The van der Waals surface area contributed by atoms with Gasteiger partial charge in [0, 0.05) is 12.1 Å². The average Bonchev–Trinajstić information content (AvgIpc) is 2.66. The Kier molecular flexibility index (Phi) is 2.67. The van der Waals surface area contributed by atoms with Crippen molar-refractivity contribution in [3.05, 3.63) is 35.4 Å². The number of nitrogens with zero attached hydrogens (tertiary/aromatic N) is 2. The summed E-state index contributed by atoms with van der Waals surface area (Å²) in [7, 11) is 0. The second-order valence-electron chi connectivity index (χ2n) is 4.10. The van der Waals surface area contributed by atoms with Crippen LogP contribution in [0.2, 0.25) is 0 Å². The molecule has 0 atom stereocenters. The minimum atomic E-state index is -1.02. The third-order valence-corrected chi connectivity index (χ3v) is 2.57. The van der Waals surface area contributed by atoms with E-state index in [-0.39, 0.29) is 17.2 Å². The van der Waals surface area contributed by atoms with Crippen molar-refractivity contribution in [3.8, 4) is 0 Å². The summed E-state index contributed by atoms with van der Waals surface area (Å²) in [5, 5.41) is 8.91. The first-order valence-corrected chi connectivity index (χ1v) is 5.25. The molecular formula is C12H12N2O3. The van der Waals surface area contributed by atoms with Gasteiger partial charge in [-0.15, -0.1) is 0 Å². The molecule has 0 bridgehead atoms. The Bertz CT molecular complexity index is 599. The number of carbonyl (C=O) groups is 2. The fraction of sp³-hybridized carbons (Fsp3) is 0.250. The molecule has 2 aromatic rings. The molecule has 88 valence electrons. The molecule has 2 aromatic heterocycles. The molecule has 5 heteroatoms. The lowest BCUT2D eigenvalue weighted by Crippen LogP contribution is -2.00. The van der Waals surface area contributed by atoms with Gasteiger partial charge in [0.1, 0.15) is 11.5 Å². The molecule has 0 amide bonds. The largest absolute Gasteiger partial charge is 0.478 e. The van der Waals surface area contributed by atoms with Crippen molar-refractivity contribution in [2.45, 2.75) is 19.8 Å². The van der Waals surface area contributed by atoms with Crippen LogP contribution in [0.15, 0.2) is 18.3 Å². The molecule has 0 saturated carbocycles. The van der Waals surface area contributed by atoms with Crippen LogP contribution in [0.3, 0.4) is 0 Å². The van der Waals surface area contributed by atoms with Crippen molar-refractivity contribution < 1.29 is 14.7 Å². The molecule has 17 heavy (non-hydrogen) atoms. The Morgan fingerprint density at radius 1 is 1.53 bits per heavy atom. The van der Waals surface area contributed by atoms with Crippen molar-refractivity contribution in [1.29, 1.82) is 0 Å². The normalized spacial score (nSPS) is 11.0. The summed E-state index contributed by atoms with van der Waals surface area (Å²) in [6.45, 7) is 3.93. The van der Waals surface area contributed by atoms with Crippen LogP contribution in [0.1, 0.15) is 46.4 Å². The zero-order chi connectivity index (χ0) is 12.6. The molecule has 0 aliphatic rings. The van der Waals surface area contributed by atoms with Crippen LogP contribution < -0.4 is 0 Å². The molecule has 2 rings (SSSR count). The fourth-order valence-electron chi connectivity index (χ4n) is 1.76. The Balaban J connectivity index is 2.76. The zero-order valence-corrected chi connectivity index (χ0v) is 9.54. The molecule has 1 N–H and O–H groups in total. The van der Waals surface area contributed by atoms with E-state index in [1.165, 1.54) is 12.1 Å². The highest BCUT2D eigenvalue weighted by Gasteiger charge is 2.14. The number of hydrogen-bond acceptors (Lipinski definition) is 3. The second kappa shape index (κ2) is 4.01. The van der Waals surface area contributed by atoms with Crippen molar-refractivity contribution in [2.75, 3.05) is 0 Å². The standard InChI is InChI=1S/C12H12N2O3/c1-7(2)11-13-9(6-15)10-5-8(12(16)17)3-4-14(10)11/h3-7H,1-2H3,(H,16,17). The molecule has 0 fully saturated rings. The summed E-state index contributed by atoms with van der Waals surface area (Å²) in [5.74, 6) is -0.109. The van der Waals surface area contributed by atoms with Gasteiger partial charge in [-0.05, 0) is 12.1 Å². The number of aromatic nitrogens is 2. The van der Waals surface area contributed by atoms with Gasteiger partial charge in [-0.1, -0.05) is 13.8 Å². The lowest BCUT2D eigenvalue weighted by Gasteiger charge is -2.04. The Labute approximate surface area is 97.7 Å². The second-order valence-corrected chi connectivity index (χ2v) is 4.10. The Hall–Kier alpha value is -2.17. The number of aldehydes is 1. The maximum Gasteiger partial charge on any atom is 0.335 e. The maximum atomic E-state index is 10.9. The minimum Gasteiger partial charge on any atom is -0.478 e. The Morgan fingerprint density at radius 2 is 2.24 bits per heavy atom. The van der Waals surface area contributed by atoms with Crippen molar-refractivity contribution in [3.63, 3.8) is 0 Å².